The maximum Gasteiger partial charge on any atom is 0.243 e. The molecule has 0 saturated carbocycles. The van der Waals surface area contributed by atoms with Gasteiger partial charge in [-0.25, -0.2) is 8.42 Å². The molecule has 6 heteroatoms. The lowest BCUT2D eigenvalue weighted by Gasteiger charge is -2.31. The van der Waals surface area contributed by atoms with E-state index < -0.39 is 10.0 Å². The van der Waals surface area contributed by atoms with Crippen LogP contribution in [0.1, 0.15) is 38.7 Å². The Morgan fingerprint density at radius 2 is 1.78 bits per heavy atom. The summed E-state index contributed by atoms with van der Waals surface area (Å²) in [5, 5.41) is 2.89. The molecule has 2 rings (SSSR count). The van der Waals surface area contributed by atoms with Crippen molar-refractivity contribution in [3.05, 3.63) is 29.8 Å². The van der Waals surface area contributed by atoms with Gasteiger partial charge in [-0.3, -0.25) is 4.79 Å². The maximum atomic E-state index is 12.6. The fraction of sp³-hybridized carbons (Fsp3) is 0.588. The molecule has 5 nitrogen and oxygen atoms in total. The van der Waals surface area contributed by atoms with E-state index in [1.54, 1.807) is 12.1 Å². The Morgan fingerprint density at radius 1 is 1.22 bits per heavy atom. The molecule has 1 amide bonds. The van der Waals surface area contributed by atoms with Crippen LogP contribution in [0, 0.1) is 12.8 Å². The van der Waals surface area contributed by atoms with Gasteiger partial charge in [0.05, 0.1) is 4.90 Å². The zero-order chi connectivity index (χ0) is 17.0. The van der Waals surface area contributed by atoms with Crippen molar-refractivity contribution in [1.82, 2.24) is 9.62 Å². The Kier molecular flexibility index (Phi) is 5.81. The van der Waals surface area contributed by atoms with Crippen molar-refractivity contribution in [2.75, 3.05) is 13.1 Å². The summed E-state index contributed by atoms with van der Waals surface area (Å²) in [6.45, 7) is 6.78. The zero-order valence-corrected chi connectivity index (χ0v) is 14.9. The summed E-state index contributed by atoms with van der Waals surface area (Å²) in [5.41, 5.74) is 1.04. The van der Waals surface area contributed by atoms with E-state index in [2.05, 4.69) is 5.32 Å². The predicted molar refractivity (Wildman–Crippen MR) is 90.6 cm³/mol. The van der Waals surface area contributed by atoms with Crippen molar-refractivity contribution in [2.45, 2.75) is 51.0 Å². The van der Waals surface area contributed by atoms with E-state index in [4.69, 9.17) is 0 Å². The van der Waals surface area contributed by atoms with E-state index in [9.17, 15) is 13.2 Å². The first-order valence-electron chi connectivity index (χ1n) is 8.15. The SMILES string of the molecule is Cc1ccc(S(=O)(=O)N2CCC(CC(=O)NC(C)C)CC2)cc1. The van der Waals surface area contributed by atoms with Crippen LogP contribution in [0.15, 0.2) is 29.2 Å². The molecular formula is C17H26N2O3S. The Hall–Kier alpha value is -1.40. The molecule has 1 heterocycles. The summed E-state index contributed by atoms with van der Waals surface area (Å²) in [6.07, 6.45) is 1.95. The zero-order valence-electron chi connectivity index (χ0n) is 14.1. The summed E-state index contributed by atoms with van der Waals surface area (Å²) < 4.78 is 26.8. The number of sulfonamides is 1. The number of amides is 1. The molecular weight excluding hydrogens is 312 g/mol. The van der Waals surface area contributed by atoms with Crippen LogP contribution in [0.2, 0.25) is 0 Å². The molecule has 1 saturated heterocycles. The summed E-state index contributed by atoms with van der Waals surface area (Å²) in [4.78, 5) is 12.2. The highest BCUT2D eigenvalue weighted by Gasteiger charge is 2.30. The van der Waals surface area contributed by atoms with Crippen molar-refractivity contribution >= 4 is 15.9 Å². The third-order valence-corrected chi connectivity index (χ3v) is 6.07. The van der Waals surface area contributed by atoms with Crippen LogP contribution in [0.5, 0.6) is 0 Å². The molecule has 1 aromatic rings. The summed E-state index contributed by atoms with van der Waals surface area (Å²) in [7, 11) is -3.42. The number of carbonyl (C=O) groups excluding carboxylic acids is 1. The fourth-order valence-electron chi connectivity index (χ4n) is 2.86. The lowest BCUT2D eigenvalue weighted by atomic mass is 9.94. The molecule has 1 aliphatic heterocycles. The molecule has 0 aromatic heterocycles. The number of carbonyl (C=O) groups is 1. The van der Waals surface area contributed by atoms with Crippen LogP contribution in [-0.4, -0.2) is 37.8 Å². The summed E-state index contributed by atoms with van der Waals surface area (Å²) in [6, 6.07) is 7.09. The average molecular weight is 338 g/mol. The third-order valence-electron chi connectivity index (χ3n) is 4.16. The number of benzene rings is 1. The number of hydrogen-bond acceptors (Lipinski definition) is 3. The molecule has 1 aliphatic rings. The van der Waals surface area contributed by atoms with Crippen molar-refractivity contribution in [3.8, 4) is 0 Å². The van der Waals surface area contributed by atoms with Gasteiger partial charge in [0.1, 0.15) is 0 Å². The number of piperidine rings is 1. The van der Waals surface area contributed by atoms with Crippen LogP contribution >= 0.6 is 0 Å². The predicted octanol–water partition coefficient (Wildman–Crippen LogP) is 2.31. The van der Waals surface area contributed by atoms with Crippen molar-refractivity contribution < 1.29 is 13.2 Å². The van der Waals surface area contributed by atoms with Gasteiger partial charge in [-0.1, -0.05) is 17.7 Å². The second kappa shape index (κ2) is 7.45. The topological polar surface area (TPSA) is 66.5 Å². The minimum Gasteiger partial charge on any atom is -0.354 e. The maximum absolute atomic E-state index is 12.6. The van der Waals surface area contributed by atoms with E-state index in [0.29, 0.717) is 24.4 Å². The molecule has 0 atom stereocenters. The monoisotopic (exact) mass is 338 g/mol. The Bertz CT molecular complexity index is 630. The number of rotatable bonds is 5. The van der Waals surface area contributed by atoms with Crippen LogP contribution in [-0.2, 0) is 14.8 Å². The molecule has 23 heavy (non-hydrogen) atoms. The highest BCUT2D eigenvalue weighted by atomic mass is 32.2. The second-order valence-electron chi connectivity index (χ2n) is 6.59. The standard InChI is InChI=1S/C17H26N2O3S/c1-13(2)18-17(20)12-15-8-10-19(11-9-15)23(21,22)16-6-4-14(3)5-7-16/h4-7,13,15H,8-12H2,1-3H3,(H,18,20). The molecule has 1 N–H and O–H groups in total. The minimum absolute atomic E-state index is 0.0554. The molecule has 0 spiro atoms. The number of nitrogens with one attached hydrogen (secondary N) is 1. The normalized spacial score (nSPS) is 17.4. The number of aryl methyl sites for hydroxylation is 1. The fourth-order valence-corrected chi connectivity index (χ4v) is 4.33. The summed E-state index contributed by atoms with van der Waals surface area (Å²) >= 11 is 0. The van der Waals surface area contributed by atoms with Crippen LogP contribution < -0.4 is 5.32 Å². The van der Waals surface area contributed by atoms with Gasteiger partial charge in [-0.05, 0) is 51.7 Å². The van der Waals surface area contributed by atoms with Gasteiger partial charge in [-0.2, -0.15) is 4.31 Å². The Morgan fingerprint density at radius 3 is 2.30 bits per heavy atom. The van der Waals surface area contributed by atoms with Crippen molar-refractivity contribution in [3.63, 3.8) is 0 Å². The van der Waals surface area contributed by atoms with Gasteiger partial charge in [0.25, 0.3) is 0 Å². The van der Waals surface area contributed by atoms with Crippen LogP contribution in [0.4, 0.5) is 0 Å². The first-order chi connectivity index (χ1) is 10.8. The second-order valence-corrected chi connectivity index (χ2v) is 8.52. The Labute approximate surface area is 139 Å². The largest absolute Gasteiger partial charge is 0.354 e. The molecule has 1 aromatic carbocycles. The first-order valence-corrected chi connectivity index (χ1v) is 9.59. The van der Waals surface area contributed by atoms with E-state index in [-0.39, 0.29) is 17.9 Å². The van der Waals surface area contributed by atoms with Crippen LogP contribution in [0.25, 0.3) is 0 Å². The molecule has 1 fully saturated rings. The van der Waals surface area contributed by atoms with Crippen molar-refractivity contribution in [1.29, 1.82) is 0 Å². The first kappa shape index (κ1) is 17.9. The van der Waals surface area contributed by atoms with E-state index in [0.717, 1.165) is 18.4 Å². The van der Waals surface area contributed by atoms with Gasteiger partial charge in [0.15, 0.2) is 0 Å². The van der Waals surface area contributed by atoms with Gasteiger partial charge in [-0.15, -0.1) is 0 Å². The smallest absolute Gasteiger partial charge is 0.243 e. The van der Waals surface area contributed by atoms with E-state index >= 15 is 0 Å². The lowest BCUT2D eigenvalue weighted by Crippen LogP contribution is -2.40. The molecule has 0 bridgehead atoms. The van der Waals surface area contributed by atoms with E-state index in [1.807, 2.05) is 32.9 Å². The van der Waals surface area contributed by atoms with Gasteiger partial charge in [0.2, 0.25) is 15.9 Å². The van der Waals surface area contributed by atoms with E-state index in [1.165, 1.54) is 4.31 Å². The Balaban J connectivity index is 1.93. The van der Waals surface area contributed by atoms with Gasteiger partial charge >= 0.3 is 0 Å². The summed E-state index contributed by atoms with van der Waals surface area (Å²) in [5.74, 6) is 0.318. The molecule has 0 aliphatic carbocycles. The molecule has 0 unspecified atom stereocenters. The van der Waals surface area contributed by atoms with Gasteiger partial charge in [0, 0.05) is 25.6 Å². The van der Waals surface area contributed by atoms with Gasteiger partial charge < -0.3 is 5.32 Å². The number of hydrogen-bond donors (Lipinski definition) is 1. The highest BCUT2D eigenvalue weighted by Crippen LogP contribution is 2.25. The van der Waals surface area contributed by atoms with Crippen LogP contribution in [0.3, 0.4) is 0 Å². The number of nitrogens with zero attached hydrogens (tertiary/aromatic N) is 1. The average Bonchev–Trinajstić information content (AvgIpc) is 2.47. The quantitative estimate of drug-likeness (QED) is 0.896. The van der Waals surface area contributed by atoms with Crippen molar-refractivity contribution in [2.24, 2.45) is 5.92 Å². The third kappa shape index (κ3) is 4.78. The molecule has 0 radical (unpaired) electrons. The highest BCUT2D eigenvalue weighted by molar-refractivity contribution is 7.89. The lowest BCUT2D eigenvalue weighted by molar-refractivity contribution is -0.122. The molecule has 128 valence electrons. The minimum atomic E-state index is -3.42.